The van der Waals surface area contributed by atoms with E-state index in [1.54, 1.807) is 0 Å². The van der Waals surface area contributed by atoms with Crippen LogP contribution in [-0.2, 0) is 9.84 Å². The number of rotatable bonds is 5. The fourth-order valence-electron chi connectivity index (χ4n) is 2.05. The second-order valence-corrected chi connectivity index (χ2v) is 6.37. The molecular formula is C13H14N2O6S. The molecule has 9 heteroatoms. The van der Waals surface area contributed by atoms with Crippen LogP contribution in [0.5, 0.6) is 11.5 Å². The van der Waals surface area contributed by atoms with Crippen LogP contribution in [0, 0.1) is 0 Å². The van der Waals surface area contributed by atoms with E-state index in [1.807, 2.05) is 0 Å². The van der Waals surface area contributed by atoms with Crippen LogP contribution in [0.3, 0.4) is 0 Å². The number of methoxy groups -OCH3 is 2. The summed E-state index contributed by atoms with van der Waals surface area (Å²) in [7, 11) is -0.956. The number of hydrogen-bond donors (Lipinski definition) is 2. The number of benzene rings is 1. The van der Waals surface area contributed by atoms with Crippen LogP contribution in [0.15, 0.2) is 23.1 Å². The molecule has 0 amide bonds. The highest BCUT2D eigenvalue weighted by molar-refractivity contribution is 7.91. The summed E-state index contributed by atoms with van der Waals surface area (Å²) in [5, 5.41) is 15.1. The Bertz CT molecular complexity index is 825. The van der Waals surface area contributed by atoms with E-state index < -0.39 is 15.8 Å². The van der Waals surface area contributed by atoms with Crippen LogP contribution in [0.1, 0.15) is 10.5 Å². The Labute approximate surface area is 126 Å². The van der Waals surface area contributed by atoms with Gasteiger partial charge in [0.05, 0.1) is 25.5 Å². The molecule has 8 nitrogen and oxygen atoms in total. The molecule has 0 radical (unpaired) electrons. The Hall–Kier alpha value is -2.55. The summed E-state index contributed by atoms with van der Waals surface area (Å²) < 4.78 is 34.5. The molecule has 0 spiro atoms. The lowest BCUT2D eigenvalue weighted by Gasteiger charge is -2.14. The van der Waals surface area contributed by atoms with Gasteiger partial charge >= 0.3 is 5.97 Å². The number of H-pyrrole nitrogens is 1. The Morgan fingerprint density at radius 3 is 2.27 bits per heavy atom. The van der Waals surface area contributed by atoms with E-state index >= 15 is 0 Å². The molecule has 2 aromatic rings. The number of sulfone groups is 1. The van der Waals surface area contributed by atoms with Crippen molar-refractivity contribution in [3.05, 3.63) is 23.9 Å². The summed E-state index contributed by atoms with van der Waals surface area (Å²) in [6.07, 6.45) is 1.03. The standard InChI is InChI=1S/C13H14N2O6S/c1-20-9-4-5-10(21-2)12(22(3,18)19)11(9)7-6-8(13(16)17)15-14-7/h4-6H,1-3H3,(H,14,15)(H,16,17). The highest BCUT2D eigenvalue weighted by Crippen LogP contribution is 2.40. The van der Waals surface area contributed by atoms with E-state index in [4.69, 9.17) is 14.6 Å². The maximum absolute atomic E-state index is 12.1. The lowest BCUT2D eigenvalue weighted by Crippen LogP contribution is -2.05. The first-order chi connectivity index (χ1) is 10.3. The first-order valence-electron chi connectivity index (χ1n) is 6.03. The smallest absolute Gasteiger partial charge is 0.353 e. The van der Waals surface area contributed by atoms with E-state index in [0.29, 0.717) is 0 Å². The van der Waals surface area contributed by atoms with E-state index in [0.717, 1.165) is 6.26 Å². The first-order valence-corrected chi connectivity index (χ1v) is 7.92. The maximum atomic E-state index is 12.1. The van der Waals surface area contributed by atoms with Gasteiger partial charge in [0, 0.05) is 6.26 Å². The van der Waals surface area contributed by atoms with Crippen LogP contribution in [0.25, 0.3) is 11.3 Å². The van der Waals surface area contributed by atoms with Crippen LogP contribution < -0.4 is 9.47 Å². The largest absolute Gasteiger partial charge is 0.496 e. The van der Waals surface area contributed by atoms with Gasteiger partial charge in [0.2, 0.25) is 0 Å². The van der Waals surface area contributed by atoms with Gasteiger partial charge in [-0.1, -0.05) is 0 Å². The molecule has 22 heavy (non-hydrogen) atoms. The van der Waals surface area contributed by atoms with Crippen LogP contribution in [-0.4, -0.2) is 50.2 Å². The molecule has 0 aliphatic heterocycles. The number of ether oxygens (including phenoxy) is 2. The second kappa shape index (κ2) is 5.68. The molecule has 1 heterocycles. The monoisotopic (exact) mass is 326 g/mol. The average Bonchev–Trinajstić information content (AvgIpc) is 2.94. The van der Waals surface area contributed by atoms with Crippen molar-refractivity contribution in [3.8, 4) is 22.8 Å². The van der Waals surface area contributed by atoms with E-state index in [1.165, 1.54) is 32.4 Å². The number of aromatic carboxylic acids is 1. The van der Waals surface area contributed by atoms with E-state index in [2.05, 4.69) is 10.2 Å². The first kappa shape index (κ1) is 15.8. The fourth-order valence-corrected chi connectivity index (χ4v) is 3.14. The third-order valence-corrected chi connectivity index (χ3v) is 4.11. The summed E-state index contributed by atoms with van der Waals surface area (Å²) in [6.45, 7) is 0. The topological polar surface area (TPSA) is 119 Å². The molecule has 0 atom stereocenters. The van der Waals surface area contributed by atoms with Gasteiger partial charge in [-0.15, -0.1) is 0 Å². The predicted molar refractivity (Wildman–Crippen MR) is 77.2 cm³/mol. The zero-order valence-corrected chi connectivity index (χ0v) is 12.9. The van der Waals surface area contributed by atoms with Gasteiger partial charge in [-0.3, -0.25) is 5.10 Å². The molecule has 2 N–H and O–H groups in total. The van der Waals surface area contributed by atoms with Crippen molar-refractivity contribution in [3.63, 3.8) is 0 Å². The van der Waals surface area contributed by atoms with Crippen molar-refractivity contribution in [2.24, 2.45) is 0 Å². The van der Waals surface area contributed by atoms with Gasteiger partial charge in [0.25, 0.3) is 0 Å². The molecule has 0 saturated carbocycles. The quantitative estimate of drug-likeness (QED) is 0.847. The van der Waals surface area contributed by atoms with Crippen molar-refractivity contribution in [1.29, 1.82) is 0 Å². The SMILES string of the molecule is COc1ccc(OC)c(S(C)(=O)=O)c1-c1cc(C(=O)O)[nH]n1. The highest BCUT2D eigenvalue weighted by Gasteiger charge is 2.26. The maximum Gasteiger partial charge on any atom is 0.353 e. The van der Waals surface area contributed by atoms with Gasteiger partial charge in [0.1, 0.15) is 22.1 Å². The number of nitrogens with one attached hydrogen (secondary N) is 1. The predicted octanol–water partition coefficient (Wildman–Crippen LogP) is 1.20. The van der Waals surface area contributed by atoms with Gasteiger partial charge in [0.15, 0.2) is 9.84 Å². The highest BCUT2D eigenvalue weighted by atomic mass is 32.2. The Kier molecular flexibility index (Phi) is 4.09. The number of carbonyl (C=O) groups is 1. The molecule has 0 unspecified atom stereocenters. The molecule has 0 bridgehead atoms. The molecule has 1 aromatic carbocycles. The number of aromatic nitrogens is 2. The van der Waals surface area contributed by atoms with Gasteiger partial charge < -0.3 is 14.6 Å². The molecule has 0 aliphatic rings. The molecule has 0 fully saturated rings. The number of aromatic amines is 1. The summed E-state index contributed by atoms with van der Waals surface area (Å²) in [5.74, 6) is -0.843. The Morgan fingerprint density at radius 2 is 1.82 bits per heavy atom. The van der Waals surface area contributed by atoms with Crippen LogP contribution in [0.2, 0.25) is 0 Å². The minimum Gasteiger partial charge on any atom is -0.496 e. The van der Waals surface area contributed by atoms with E-state index in [-0.39, 0.29) is 33.3 Å². The molecule has 1 aromatic heterocycles. The molecule has 2 rings (SSSR count). The van der Waals surface area contributed by atoms with Crippen molar-refractivity contribution in [2.45, 2.75) is 4.90 Å². The van der Waals surface area contributed by atoms with Crippen molar-refractivity contribution < 1.29 is 27.8 Å². The molecule has 118 valence electrons. The van der Waals surface area contributed by atoms with Crippen molar-refractivity contribution in [1.82, 2.24) is 10.2 Å². The zero-order chi connectivity index (χ0) is 16.5. The summed E-state index contributed by atoms with van der Waals surface area (Å²) >= 11 is 0. The second-order valence-electron chi connectivity index (χ2n) is 4.42. The van der Waals surface area contributed by atoms with Crippen molar-refractivity contribution >= 4 is 15.8 Å². The Balaban J connectivity index is 2.84. The fraction of sp³-hybridized carbons (Fsp3) is 0.231. The van der Waals surface area contributed by atoms with Gasteiger partial charge in [-0.25, -0.2) is 13.2 Å². The number of nitrogens with zero attached hydrogens (tertiary/aromatic N) is 1. The van der Waals surface area contributed by atoms with Crippen LogP contribution >= 0.6 is 0 Å². The number of carboxylic acid groups (broad SMARTS) is 1. The number of hydrogen-bond acceptors (Lipinski definition) is 6. The number of carboxylic acids is 1. The third kappa shape index (κ3) is 2.75. The van der Waals surface area contributed by atoms with Crippen molar-refractivity contribution in [2.75, 3.05) is 20.5 Å². The van der Waals surface area contributed by atoms with E-state index in [9.17, 15) is 13.2 Å². The minimum absolute atomic E-state index is 0.113. The molecule has 0 saturated heterocycles. The molecular weight excluding hydrogens is 312 g/mol. The lowest BCUT2D eigenvalue weighted by molar-refractivity contribution is 0.0690. The molecule has 0 aliphatic carbocycles. The Morgan fingerprint density at radius 1 is 1.23 bits per heavy atom. The van der Waals surface area contributed by atoms with Gasteiger partial charge in [-0.2, -0.15) is 5.10 Å². The minimum atomic E-state index is -3.67. The lowest BCUT2D eigenvalue weighted by atomic mass is 10.1. The van der Waals surface area contributed by atoms with Gasteiger partial charge in [-0.05, 0) is 18.2 Å². The summed E-state index contributed by atoms with van der Waals surface area (Å²) in [4.78, 5) is 10.8. The zero-order valence-electron chi connectivity index (χ0n) is 12.1. The third-order valence-electron chi connectivity index (χ3n) is 2.96. The van der Waals surface area contributed by atoms with Crippen LogP contribution in [0.4, 0.5) is 0 Å². The average molecular weight is 326 g/mol. The summed E-state index contributed by atoms with van der Waals surface area (Å²) in [5.41, 5.74) is 0.112. The summed E-state index contributed by atoms with van der Waals surface area (Å²) in [6, 6.07) is 4.22. The normalized spacial score (nSPS) is 11.2.